The number of carboxylic acids is 1. The molecule has 32 heavy (non-hydrogen) atoms. The molecule has 15 heteroatoms. The molecular formula is C17H26N8O7. The zero-order chi connectivity index (χ0) is 24.3. The summed E-state index contributed by atoms with van der Waals surface area (Å²) in [5, 5.41) is 16.0. The van der Waals surface area contributed by atoms with Crippen molar-refractivity contribution in [3.05, 3.63) is 18.2 Å². The molecular weight excluding hydrogens is 428 g/mol. The van der Waals surface area contributed by atoms with Gasteiger partial charge in [-0.1, -0.05) is 0 Å². The van der Waals surface area contributed by atoms with Crippen LogP contribution in [0.25, 0.3) is 0 Å². The minimum Gasteiger partial charge on any atom is -0.480 e. The van der Waals surface area contributed by atoms with Gasteiger partial charge in [-0.15, -0.1) is 0 Å². The second-order valence-corrected chi connectivity index (χ2v) is 6.74. The lowest BCUT2D eigenvalue weighted by molar-refractivity contribution is -0.144. The van der Waals surface area contributed by atoms with Gasteiger partial charge in [0.15, 0.2) is 0 Å². The number of amides is 5. The van der Waals surface area contributed by atoms with Crippen molar-refractivity contribution in [3.8, 4) is 0 Å². The lowest BCUT2D eigenvalue weighted by Gasteiger charge is -2.24. The smallest absolute Gasteiger partial charge is 0.326 e. The Balaban J connectivity index is 3.01. The molecule has 0 spiro atoms. The molecule has 0 saturated carbocycles. The number of carbonyl (C=O) groups excluding carboxylic acids is 5. The van der Waals surface area contributed by atoms with Crippen molar-refractivity contribution >= 4 is 35.5 Å². The molecule has 1 aromatic rings. The fourth-order valence-corrected chi connectivity index (χ4v) is 2.58. The Morgan fingerprint density at radius 2 is 1.59 bits per heavy atom. The van der Waals surface area contributed by atoms with Crippen molar-refractivity contribution in [1.82, 2.24) is 25.9 Å². The summed E-state index contributed by atoms with van der Waals surface area (Å²) in [6, 6.07) is -4.22. The maximum Gasteiger partial charge on any atom is 0.326 e. The number of nitrogens with two attached hydrogens (primary N) is 3. The van der Waals surface area contributed by atoms with E-state index in [4.69, 9.17) is 22.3 Å². The molecule has 0 aliphatic carbocycles. The standard InChI is InChI=1S/C17H26N8O7/c18-5-14(28)23-10(3-8-6-21-7-22-8)16(30)24-9(1-2-12(19)26)15(29)25-11(17(31)32)4-13(20)27/h6-7,9-11H,1-5,18H2,(H2,19,26)(H2,20,27)(H,21,22)(H,23,28)(H,24,30)(H,25,29)(H,31,32). The maximum absolute atomic E-state index is 12.8. The van der Waals surface area contributed by atoms with Gasteiger partial charge in [-0.25, -0.2) is 9.78 Å². The number of nitrogens with one attached hydrogen (secondary N) is 4. The van der Waals surface area contributed by atoms with Gasteiger partial charge in [-0.2, -0.15) is 0 Å². The Bertz CT molecular complexity index is 842. The summed E-state index contributed by atoms with van der Waals surface area (Å²) in [5.41, 5.74) is 15.9. The topological polar surface area (TPSA) is 265 Å². The fourth-order valence-electron chi connectivity index (χ4n) is 2.58. The van der Waals surface area contributed by atoms with Crippen LogP contribution in [0.1, 0.15) is 25.0 Å². The van der Waals surface area contributed by atoms with E-state index < -0.39 is 66.6 Å². The molecule has 0 bridgehead atoms. The molecule has 5 amide bonds. The van der Waals surface area contributed by atoms with Gasteiger partial charge in [-0.05, 0) is 6.42 Å². The number of hydrogen-bond acceptors (Lipinski definition) is 8. The molecule has 11 N–H and O–H groups in total. The van der Waals surface area contributed by atoms with Crippen LogP contribution in [-0.4, -0.2) is 75.2 Å². The van der Waals surface area contributed by atoms with Crippen LogP contribution in [0.4, 0.5) is 0 Å². The van der Waals surface area contributed by atoms with Crippen molar-refractivity contribution in [1.29, 1.82) is 0 Å². The van der Waals surface area contributed by atoms with E-state index in [-0.39, 0.29) is 19.3 Å². The molecule has 0 aromatic carbocycles. The quantitative estimate of drug-likeness (QED) is 0.135. The summed E-state index contributed by atoms with van der Waals surface area (Å²) >= 11 is 0. The van der Waals surface area contributed by atoms with E-state index >= 15 is 0 Å². The number of nitrogens with zero attached hydrogens (tertiary/aromatic N) is 1. The predicted octanol–water partition coefficient (Wildman–Crippen LogP) is -4.41. The molecule has 0 aliphatic heterocycles. The summed E-state index contributed by atoms with van der Waals surface area (Å²) in [7, 11) is 0. The van der Waals surface area contributed by atoms with E-state index in [1.807, 2.05) is 0 Å². The minimum atomic E-state index is -1.65. The monoisotopic (exact) mass is 454 g/mol. The lowest BCUT2D eigenvalue weighted by atomic mass is 10.1. The van der Waals surface area contributed by atoms with Gasteiger partial charge in [0, 0.05) is 24.7 Å². The van der Waals surface area contributed by atoms with Crippen LogP contribution >= 0.6 is 0 Å². The van der Waals surface area contributed by atoms with Crippen LogP contribution in [-0.2, 0) is 35.2 Å². The Kier molecular flexibility index (Phi) is 10.3. The molecule has 15 nitrogen and oxygen atoms in total. The van der Waals surface area contributed by atoms with Crippen molar-refractivity contribution in [2.75, 3.05) is 6.54 Å². The second kappa shape index (κ2) is 12.6. The molecule has 0 radical (unpaired) electrons. The third kappa shape index (κ3) is 9.21. The minimum absolute atomic E-state index is 0.0266. The van der Waals surface area contributed by atoms with Crippen molar-refractivity contribution < 1.29 is 33.9 Å². The van der Waals surface area contributed by atoms with E-state index in [0.29, 0.717) is 5.69 Å². The van der Waals surface area contributed by atoms with E-state index in [1.54, 1.807) is 0 Å². The van der Waals surface area contributed by atoms with Crippen molar-refractivity contribution in [2.24, 2.45) is 17.2 Å². The van der Waals surface area contributed by atoms with Crippen molar-refractivity contribution in [3.63, 3.8) is 0 Å². The Labute approximate surface area is 181 Å². The van der Waals surface area contributed by atoms with Gasteiger partial charge < -0.3 is 43.2 Å². The lowest BCUT2D eigenvalue weighted by Crippen LogP contribution is -2.57. The molecule has 1 rings (SSSR count). The summed E-state index contributed by atoms with van der Waals surface area (Å²) in [5.74, 6) is -5.71. The molecule has 3 unspecified atom stereocenters. The summed E-state index contributed by atoms with van der Waals surface area (Å²) < 4.78 is 0. The highest BCUT2D eigenvalue weighted by atomic mass is 16.4. The second-order valence-electron chi connectivity index (χ2n) is 6.74. The van der Waals surface area contributed by atoms with E-state index in [1.165, 1.54) is 12.5 Å². The van der Waals surface area contributed by atoms with E-state index in [9.17, 15) is 28.8 Å². The number of rotatable bonds is 14. The van der Waals surface area contributed by atoms with E-state index in [0.717, 1.165) is 0 Å². The van der Waals surface area contributed by atoms with Gasteiger partial charge in [0.25, 0.3) is 0 Å². The third-order valence-corrected chi connectivity index (χ3v) is 4.15. The van der Waals surface area contributed by atoms with Crippen molar-refractivity contribution in [2.45, 2.75) is 43.8 Å². The van der Waals surface area contributed by atoms with Crippen LogP contribution in [0.2, 0.25) is 0 Å². The predicted molar refractivity (Wildman–Crippen MR) is 107 cm³/mol. The number of carbonyl (C=O) groups is 6. The van der Waals surface area contributed by atoms with Crippen LogP contribution < -0.4 is 33.2 Å². The van der Waals surface area contributed by atoms with Gasteiger partial charge in [0.2, 0.25) is 29.5 Å². The number of hydrogen-bond donors (Lipinski definition) is 8. The van der Waals surface area contributed by atoms with Gasteiger partial charge in [-0.3, -0.25) is 24.0 Å². The van der Waals surface area contributed by atoms with E-state index in [2.05, 4.69) is 25.9 Å². The van der Waals surface area contributed by atoms with Crippen LogP contribution in [0, 0.1) is 0 Å². The Morgan fingerprint density at radius 3 is 2.09 bits per heavy atom. The first kappa shape index (κ1) is 26.0. The number of carboxylic acid groups (broad SMARTS) is 1. The number of imidazole rings is 1. The van der Waals surface area contributed by atoms with Gasteiger partial charge in [0.1, 0.15) is 18.1 Å². The molecule has 0 aliphatic rings. The highest BCUT2D eigenvalue weighted by molar-refractivity contribution is 5.94. The first-order chi connectivity index (χ1) is 15.0. The van der Waals surface area contributed by atoms with Crippen LogP contribution in [0.15, 0.2) is 12.5 Å². The highest BCUT2D eigenvalue weighted by Crippen LogP contribution is 2.04. The maximum atomic E-state index is 12.8. The number of aromatic nitrogens is 2. The fraction of sp³-hybridized carbons (Fsp3) is 0.471. The molecule has 3 atom stereocenters. The number of aliphatic carboxylic acids is 1. The first-order valence-electron chi connectivity index (χ1n) is 9.40. The average Bonchev–Trinajstić information content (AvgIpc) is 3.22. The highest BCUT2D eigenvalue weighted by Gasteiger charge is 2.30. The summed E-state index contributed by atoms with van der Waals surface area (Å²) in [6.45, 7) is -0.397. The molecule has 176 valence electrons. The number of aromatic amines is 1. The Hall–Kier alpha value is -4.01. The van der Waals surface area contributed by atoms with Gasteiger partial charge in [0.05, 0.1) is 19.3 Å². The zero-order valence-electron chi connectivity index (χ0n) is 17.0. The summed E-state index contributed by atoms with van der Waals surface area (Å²) in [6.07, 6.45) is 1.49. The zero-order valence-corrected chi connectivity index (χ0v) is 17.0. The van der Waals surface area contributed by atoms with Gasteiger partial charge >= 0.3 is 5.97 Å². The van der Waals surface area contributed by atoms with Crippen LogP contribution in [0.5, 0.6) is 0 Å². The molecule has 1 heterocycles. The molecule has 1 aromatic heterocycles. The molecule has 0 fully saturated rings. The first-order valence-corrected chi connectivity index (χ1v) is 9.40. The van der Waals surface area contributed by atoms with Crippen LogP contribution in [0.3, 0.4) is 0 Å². The summed E-state index contributed by atoms with van der Waals surface area (Å²) in [4.78, 5) is 77.2. The number of H-pyrrole nitrogens is 1. The third-order valence-electron chi connectivity index (χ3n) is 4.15. The molecule has 0 saturated heterocycles. The average molecular weight is 454 g/mol. The normalized spacial score (nSPS) is 13.3. The Morgan fingerprint density at radius 1 is 0.969 bits per heavy atom. The SMILES string of the molecule is NCC(=O)NC(Cc1cnc[nH]1)C(=O)NC(CCC(N)=O)C(=O)NC(CC(N)=O)C(=O)O. The largest absolute Gasteiger partial charge is 0.480 e. The number of primary amides is 2.